The fourth-order valence-electron chi connectivity index (χ4n) is 3.74. The van der Waals surface area contributed by atoms with Crippen LogP contribution in [-0.2, 0) is 4.79 Å². The molecule has 2 aromatic carbocycles. The summed E-state index contributed by atoms with van der Waals surface area (Å²) in [6.45, 7) is 5.51. The number of anilines is 1. The minimum absolute atomic E-state index is 0.0974. The molecule has 1 heterocycles. The molecule has 0 unspecified atom stereocenters. The normalized spacial score (nSPS) is 15.9. The molecule has 184 valence electrons. The molecule has 0 radical (unpaired) electrons. The zero-order valence-corrected chi connectivity index (χ0v) is 20.7. The summed E-state index contributed by atoms with van der Waals surface area (Å²) >= 11 is 0. The molecule has 0 aliphatic carbocycles. The third-order valence-electron chi connectivity index (χ3n) is 5.54. The molecular weight excluding hydrogens is 434 g/mol. The van der Waals surface area contributed by atoms with Crippen LogP contribution in [0.15, 0.2) is 41.5 Å². The van der Waals surface area contributed by atoms with E-state index in [1.54, 1.807) is 45.7 Å². The number of methoxy groups -OCH3 is 3. The second-order valence-electron chi connectivity index (χ2n) is 8.59. The van der Waals surface area contributed by atoms with Crippen LogP contribution in [0.1, 0.15) is 38.7 Å². The maximum Gasteiger partial charge on any atom is 0.248 e. The third-order valence-corrected chi connectivity index (χ3v) is 5.54. The lowest BCUT2D eigenvalue weighted by Crippen LogP contribution is -2.44. The smallest absolute Gasteiger partial charge is 0.248 e. The zero-order valence-electron chi connectivity index (χ0n) is 20.7. The topological polar surface area (TPSA) is 81.6 Å². The number of benzene rings is 2. The summed E-state index contributed by atoms with van der Waals surface area (Å²) in [5.41, 5.74) is 1.53. The molecule has 1 saturated heterocycles. The van der Waals surface area contributed by atoms with Gasteiger partial charge in [0.05, 0.1) is 34.2 Å². The van der Waals surface area contributed by atoms with Crippen LogP contribution in [0.3, 0.4) is 0 Å². The number of piperidine rings is 1. The molecule has 1 aliphatic heterocycles. The Labute approximate surface area is 201 Å². The SMILES string of the molecule is COc1ccc(NC(=O)[C@H]2CCCCN2/N=C\c2ccc(OC)c(OCC(C)C)c2)cc1OC. The first-order valence-electron chi connectivity index (χ1n) is 11.6. The summed E-state index contributed by atoms with van der Waals surface area (Å²) in [6, 6.07) is 10.7. The van der Waals surface area contributed by atoms with E-state index in [9.17, 15) is 4.79 Å². The van der Waals surface area contributed by atoms with Crippen molar-refractivity contribution in [3.05, 3.63) is 42.0 Å². The van der Waals surface area contributed by atoms with Crippen LogP contribution in [-0.4, -0.2) is 57.7 Å². The highest BCUT2D eigenvalue weighted by Crippen LogP contribution is 2.31. The Bertz CT molecular complexity index is 992. The van der Waals surface area contributed by atoms with Gasteiger partial charge in [0.25, 0.3) is 0 Å². The number of hydrogen-bond donors (Lipinski definition) is 1. The van der Waals surface area contributed by atoms with Crippen molar-refractivity contribution in [3.8, 4) is 23.0 Å². The fraction of sp³-hybridized carbons (Fsp3) is 0.462. The quantitative estimate of drug-likeness (QED) is 0.513. The second-order valence-corrected chi connectivity index (χ2v) is 8.59. The number of amides is 1. The summed E-state index contributed by atoms with van der Waals surface area (Å²) in [5.74, 6) is 2.85. The van der Waals surface area contributed by atoms with Crippen molar-refractivity contribution >= 4 is 17.8 Å². The van der Waals surface area contributed by atoms with Gasteiger partial charge in [-0.15, -0.1) is 0 Å². The number of nitrogens with zero attached hydrogens (tertiary/aromatic N) is 2. The Hall–Kier alpha value is -3.42. The van der Waals surface area contributed by atoms with Crippen molar-refractivity contribution in [2.45, 2.75) is 39.2 Å². The Balaban J connectivity index is 1.72. The molecule has 3 rings (SSSR count). The lowest BCUT2D eigenvalue weighted by molar-refractivity contribution is -0.122. The van der Waals surface area contributed by atoms with E-state index < -0.39 is 0 Å². The molecule has 0 saturated carbocycles. The van der Waals surface area contributed by atoms with Crippen molar-refractivity contribution < 1.29 is 23.7 Å². The molecule has 8 nitrogen and oxygen atoms in total. The maximum absolute atomic E-state index is 13.1. The average Bonchev–Trinajstić information content (AvgIpc) is 2.86. The van der Waals surface area contributed by atoms with E-state index in [0.29, 0.717) is 47.8 Å². The number of nitrogens with one attached hydrogen (secondary N) is 1. The molecule has 34 heavy (non-hydrogen) atoms. The number of hydrazone groups is 1. The minimum Gasteiger partial charge on any atom is -0.493 e. The van der Waals surface area contributed by atoms with E-state index in [-0.39, 0.29) is 11.9 Å². The van der Waals surface area contributed by atoms with Crippen LogP contribution < -0.4 is 24.3 Å². The summed E-state index contributed by atoms with van der Waals surface area (Å²) < 4.78 is 21.9. The molecule has 1 aliphatic rings. The van der Waals surface area contributed by atoms with E-state index in [4.69, 9.17) is 18.9 Å². The lowest BCUT2D eigenvalue weighted by atomic mass is 10.0. The molecule has 1 atom stereocenters. The summed E-state index contributed by atoms with van der Waals surface area (Å²) in [4.78, 5) is 13.1. The standard InChI is InChI=1S/C26H35N3O5/c1-18(2)17-34-25-14-19(9-11-23(25)32-4)16-27-29-13-7-6-8-21(29)26(30)28-20-10-12-22(31-3)24(15-20)33-5/h9-12,14-16,18,21H,6-8,13,17H2,1-5H3,(H,28,30)/b27-16-/t21-/m1/s1. The second kappa shape index (κ2) is 12.2. The Kier molecular flexibility index (Phi) is 9.01. The van der Waals surface area contributed by atoms with Gasteiger partial charge in [-0.2, -0.15) is 5.10 Å². The van der Waals surface area contributed by atoms with Gasteiger partial charge >= 0.3 is 0 Å². The molecule has 0 spiro atoms. The van der Waals surface area contributed by atoms with E-state index in [2.05, 4.69) is 24.3 Å². The predicted molar refractivity (Wildman–Crippen MR) is 133 cm³/mol. The van der Waals surface area contributed by atoms with Crippen molar-refractivity contribution in [2.75, 3.05) is 39.8 Å². The number of ether oxygens (including phenoxy) is 4. The molecule has 8 heteroatoms. The van der Waals surface area contributed by atoms with Crippen LogP contribution in [0.2, 0.25) is 0 Å². The number of carbonyl (C=O) groups excluding carboxylic acids is 1. The van der Waals surface area contributed by atoms with Gasteiger partial charge in [0.2, 0.25) is 5.91 Å². The number of hydrogen-bond acceptors (Lipinski definition) is 7. The van der Waals surface area contributed by atoms with Crippen LogP contribution in [0.25, 0.3) is 0 Å². The maximum atomic E-state index is 13.1. The van der Waals surface area contributed by atoms with Gasteiger partial charge < -0.3 is 24.3 Å². The number of carbonyl (C=O) groups is 1. The first kappa shape index (κ1) is 25.2. The zero-order chi connectivity index (χ0) is 24.5. The van der Waals surface area contributed by atoms with Gasteiger partial charge in [-0.25, -0.2) is 0 Å². The minimum atomic E-state index is -0.354. The van der Waals surface area contributed by atoms with E-state index in [1.807, 2.05) is 23.2 Å². The van der Waals surface area contributed by atoms with Gasteiger partial charge in [0.1, 0.15) is 6.04 Å². The van der Waals surface area contributed by atoms with Crippen LogP contribution >= 0.6 is 0 Å². The van der Waals surface area contributed by atoms with Gasteiger partial charge in [0.15, 0.2) is 23.0 Å². The van der Waals surface area contributed by atoms with Crippen molar-refractivity contribution in [3.63, 3.8) is 0 Å². The molecule has 1 fully saturated rings. The first-order valence-corrected chi connectivity index (χ1v) is 11.6. The fourth-order valence-corrected chi connectivity index (χ4v) is 3.74. The molecule has 1 N–H and O–H groups in total. The largest absolute Gasteiger partial charge is 0.493 e. The highest BCUT2D eigenvalue weighted by molar-refractivity contribution is 5.95. The van der Waals surface area contributed by atoms with Crippen LogP contribution in [0.5, 0.6) is 23.0 Å². The summed E-state index contributed by atoms with van der Waals surface area (Å²) in [6.07, 6.45) is 4.47. The van der Waals surface area contributed by atoms with Crippen molar-refractivity contribution in [1.29, 1.82) is 0 Å². The monoisotopic (exact) mass is 469 g/mol. The van der Waals surface area contributed by atoms with Crippen LogP contribution in [0.4, 0.5) is 5.69 Å². The average molecular weight is 470 g/mol. The van der Waals surface area contributed by atoms with Crippen LogP contribution in [0, 0.1) is 5.92 Å². The van der Waals surface area contributed by atoms with Gasteiger partial charge in [-0.3, -0.25) is 9.80 Å². The highest BCUT2D eigenvalue weighted by atomic mass is 16.5. The van der Waals surface area contributed by atoms with E-state index in [1.165, 1.54) is 0 Å². The molecule has 0 bridgehead atoms. The third kappa shape index (κ3) is 6.56. The summed E-state index contributed by atoms with van der Waals surface area (Å²) in [5, 5.41) is 9.51. The summed E-state index contributed by atoms with van der Waals surface area (Å²) in [7, 11) is 4.77. The lowest BCUT2D eigenvalue weighted by Gasteiger charge is -2.32. The van der Waals surface area contributed by atoms with E-state index in [0.717, 1.165) is 24.8 Å². The van der Waals surface area contributed by atoms with Gasteiger partial charge in [0, 0.05) is 18.3 Å². The first-order chi connectivity index (χ1) is 16.4. The van der Waals surface area contributed by atoms with Gasteiger partial charge in [-0.1, -0.05) is 13.8 Å². The van der Waals surface area contributed by atoms with Crippen molar-refractivity contribution in [1.82, 2.24) is 5.01 Å². The Morgan fingerprint density at radius 3 is 2.44 bits per heavy atom. The predicted octanol–water partition coefficient (Wildman–Crippen LogP) is 4.57. The van der Waals surface area contributed by atoms with E-state index >= 15 is 0 Å². The molecule has 0 aromatic heterocycles. The molecule has 2 aromatic rings. The number of rotatable bonds is 10. The molecule has 1 amide bonds. The van der Waals surface area contributed by atoms with Crippen molar-refractivity contribution in [2.24, 2.45) is 11.0 Å². The van der Waals surface area contributed by atoms with Gasteiger partial charge in [-0.05, 0) is 61.1 Å². The Morgan fingerprint density at radius 1 is 1.03 bits per heavy atom. The molecular formula is C26H35N3O5. The Morgan fingerprint density at radius 2 is 1.74 bits per heavy atom. The highest BCUT2D eigenvalue weighted by Gasteiger charge is 2.28.